The van der Waals surface area contributed by atoms with E-state index in [0.29, 0.717) is 18.6 Å². The van der Waals surface area contributed by atoms with Crippen LogP contribution in [-0.4, -0.2) is 81.9 Å². The number of fused-ring (bicyclic) bond motifs is 1. The number of carbonyl (C=O) groups excluding carboxylic acids is 4. The molecule has 0 aromatic heterocycles. The van der Waals surface area contributed by atoms with Gasteiger partial charge in [-0.05, 0) is 30.7 Å². The zero-order valence-electron chi connectivity index (χ0n) is 21.9. The Kier molecular flexibility index (Phi) is 7.13. The number of para-hydroxylation sites is 1. The van der Waals surface area contributed by atoms with Crippen LogP contribution in [0.15, 0.2) is 24.3 Å². The molecule has 2 heterocycles. The number of amides is 5. The van der Waals surface area contributed by atoms with Crippen molar-refractivity contribution in [1.82, 2.24) is 20.4 Å². The second-order valence-corrected chi connectivity index (χ2v) is 11.3. The zero-order valence-corrected chi connectivity index (χ0v) is 21.9. The minimum Gasteiger partial charge on any atom is -0.475 e. The van der Waals surface area contributed by atoms with Gasteiger partial charge in [-0.2, -0.15) is 0 Å². The van der Waals surface area contributed by atoms with E-state index in [9.17, 15) is 29.1 Å². The third-order valence-corrected chi connectivity index (χ3v) is 8.28. The van der Waals surface area contributed by atoms with Gasteiger partial charge in [-0.1, -0.05) is 43.9 Å². The van der Waals surface area contributed by atoms with Gasteiger partial charge in [-0.3, -0.25) is 19.2 Å². The molecule has 0 bridgehead atoms. The molecule has 1 aromatic rings. The third kappa shape index (κ3) is 5.64. The number of rotatable bonds is 9. The Labute approximate surface area is 226 Å². The van der Waals surface area contributed by atoms with Gasteiger partial charge >= 0.3 is 6.09 Å². The van der Waals surface area contributed by atoms with Crippen LogP contribution in [0.4, 0.5) is 4.79 Å². The molecule has 2 aliphatic carbocycles. The van der Waals surface area contributed by atoms with Crippen LogP contribution in [0.2, 0.25) is 0 Å². The van der Waals surface area contributed by atoms with E-state index in [2.05, 4.69) is 10.6 Å². The fraction of sp³-hybridized carbons (Fsp3) is 0.593. The summed E-state index contributed by atoms with van der Waals surface area (Å²) >= 11 is 0. The topological polar surface area (TPSA) is 171 Å². The third-order valence-electron chi connectivity index (χ3n) is 8.28. The number of likely N-dealkylation sites (tertiary alicyclic amines) is 1. The summed E-state index contributed by atoms with van der Waals surface area (Å²) in [4.78, 5) is 67.5. The predicted octanol–water partition coefficient (Wildman–Crippen LogP) is 0.584. The van der Waals surface area contributed by atoms with E-state index in [1.807, 2.05) is 12.1 Å². The van der Waals surface area contributed by atoms with Crippen LogP contribution >= 0.6 is 0 Å². The van der Waals surface area contributed by atoms with Crippen molar-refractivity contribution in [2.75, 3.05) is 13.6 Å². The van der Waals surface area contributed by atoms with Crippen molar-refractivity contribution >= 4 is 29.7 Å². The van der Waals surface area contributed by atoms with Gasteiger partial charge in [-0.25, -0.2) is 4.79 Å². The lowest BCUT2D eigenvalue weighted by atomic mass is 9.98. The summed E-state index contributed by atoms with van der Waals surface area (Å²) in [7, 11) is 1.49. The van der Waals surface area contributed by atoms with Crippen LogP contribution in [-0.2, 0) is 25.7 Å². The van der Waals surface area contributed by atoms with E-state index in [1.54, 1.807) is 12.1 Å². The molecule has 39 heavy (non-hydrogen) atoms. The second kappa shape index (κ2) is 10.4. The molecule has 2 aliphatic heterocycles. The fourth-order valence-corrected chi connectivity index (χ4v) is 5.68. The summed E-state index contributed by atoms with van der Waals surface area (Å²) in [5, 5.41) is 14.5. The molecule has 0 unspecified atom stereocenters. The highest BCUT2D eigenvalue weighted by molar-refractivity contribution is 5.96. The Morgan fingerprint density at radius 3 is 2.49 bits per heavy atom. The monoisotopic (exact) mass is 541 g/mol. The smallest absolute Gasteiger partial charge is 0.405 e. The number of benzene rings is 1. The lowest BCUT2D eigenvalue weighted by Crippen LogP contribution is -2.57. The molecule has 4 atom stereocenters. The zero-order chi connectivity index (χ0) is 27.9. The summed E-state index contributed by atoms with van der Waals surface area (Å²) < 4.78 is 6.22. The summed E-state index contributed by atoms with van der Waals surface area (Å²) in [5.74, 6) is -1.23. The van der Waals surface area contributed by atoms with E-state index in [-0.39, 0.29) is 31.3 Å². The van der Waals surface area contributed by atoms with E-state index in [1.165, 1.54) is 16.8 Å². The molecule has 3 fully saturated rings. The van der Waals surface area contributed by atoms with Crippen molar-refractivity contribution in [3.8, 4) is 5.75 Å². The van der Waals surface area contributed by atoms with E-state index < -0.39 is 53.4 Å². The van der Waals surface area contributed by atoms with E-state index in [0.717, 1.165) is 31.2 Å². The number of nitrogens with one attached hydrogen (secondary N) is 2. The van der Waals surface area contributed by atoms with Crippen LogP contribution in [0.1, 0.15) is 50.5 Å². The second-order valence-electron chi connectivity index (χ2n) is 11.3. The largest absolute Gasteiger partial charge is 0.475 e. The van der Waals surface area contributed by atoms with Crippen molar-refractivity contribution in [2.24, 2.45) is 17.6 Å². The first kappa shape index (κ1) is 26.8. The van der Waals surface area contributed by atoms with Crippen molar-refractivity contribution in [3.63, 3.8) is 0 Å². The van der Waals surface area contributed by atoms with Crippen LogP contribution < -0.4 is 21.1 Å². The molecule has 4 aliphatic rings. The summed E-state index contributed by atoms with van der Waals surface area (Å²) in [6.45, 7) is 0.0358. The quantitative estimate of drug-likeness (QED) is 0.354. The molecule has 5 N–H and O–H groups in total. The first-order chi connectivity index (χ1) is 18.6. The van der Waals surface area contributed by atoms with Crippen LogP contribution in [0.3, 0.4) is 0 Å². The molecule has 0 radical (unpaired) electrons. The Morgan fingerprint density at radius 2 is 1.85 bits per heavy atom. The van der Waals surface area contributed by atoms with Gasteiger partial charge < -0.3 is 36.0 Å². The predicted molar refractivity (Wildman–Crippen MR) is 137 cm³/mol. The number of hydrogen-bond acceptors (Lipinski definition) is 6. The number of hydrogen-bond donors (Lipinski definition) is 4. The number of nitrogens with zero attached hydrogens (tertiary/aromatic N) is 2. The maximum atomic E-state index is 14.1. The number of likely N-dealkylation sites (N-methyl/N-ethyl adjacent to an activating group) is 1. The SMILES string of the molecule is CN(C(=O)[C@H](CC1CC1)NC(=O)O)[C@@H](CC1CC1)C(=O)N1C[C@@]2(C[C@H]1C(N)=O)Oc1ccccc1CNC2=O. The Balaban J connectivity index is 1.41. The average Bonchev–Trinajstić information content (AvgIpc) is 3.83. The van der Waals surface area contributed by atoms with Crippen molar-refractivity contribution < 1.29 is 33.8 Å². The van der Waals surface area contributed by atoms with Crippen molar-refractivity contribution in [1.29, 1.82) is 0 Å². The number of carboxylic acid groups (broad SMARTS) is 1. The fourth-order valence-electron chi connectivity index (χ4n) is 5.68. The van der Waals surface area contributed by atoms with Gasteiger partial charge in [-0.15, -0.1) is 0 Å². The molecular weight excluding hydrogens is 506 g/mol. The molecule has 5 amide bonds. The van der Waals surface area contributed by atoms with Crippen molar-refractivity contribution in [3.05, 3.63) is 29.8 Å². The Morgan fingerprint density at radius 1 is 1.18 bits per heavy atom. The Bertz CT molecular complexity index is 1180. The van der Waals surface area contributed by atoms with Gasteiger partial charge in [0.15, 0.2) is 0 Å². The lowest BCUT2D eigenvalue weighted by Gasteiger charge is -2.35. The molecule has 12 nitrogen and oxygen atoms in total. The molecule has 1 spiro atoms. The molecule has 1 saturated heterocycles. The minimum absolute atomic E-state index is 0.118. The number of nitrogens with two attached hydrogens (primary N) is 1. The minimum atomic E-state index is -1.52. The maximum Gasteiger partial charge on any atom is 0.405 e. The number of primary amides is 1. The number of ether oxygens (including phenoxy) is 1. The molecule has 210 valence electrons. The van der Waals surface area contributed by atoms with Gasteiger partial charge in [0.2, 0.25) is 23.3 Å². The average molecular weight is 542 g/mol. The summed E-state index contributed by atoms with van der Waals surface area (Å²) in [6, 6.07) is 4.14. The van der Waals surface area contributed by atoms with Gasteiger partial charge in [0.25, 0.3) is 5.91 Å². The molecule has 1 aromatic carbocycles. The molecular formula is C27H35N5O7. The normalized spacial score (nSPS) is 25.5. The number of carbonyl (C=O) groups is 5. The van der Waals surface area contributed by atoms with Crippen LogP contribution in [0.5, 0.6) is 5.75 Å². The highest BCUT2D eigenvalue weighted by Crippen LogP contribution is 2.39. The standard InChI is InChI=1S/C27H35N5O7/c1-31(23(34)18(30-26(37)38)10-15-6-7-15)19(11-16-8-9-16)24(35)32-14-27(12-20(32)22(28)33)25(36)29-13-17-4-2-3-5-21(17)39-27/h2-5,15-16,18-20,30H,6-14H2,1H3,(H2,28,33)(H,29,36)(H,37,38)/t18-,19-,20-,27+/m0/s1. The maximum absolute atomic E-state index is 14.1. The highest BCUT2D eigenvalue weighted by atomic mass is 16.5. The van der Waals surface area contributed by atoms with E-state index >= 15 is 0 Å². The molecule has 5 rings (SSSR count). The van der Waals surface area contributed by atoms with E-state index in [4.69, 9.17) is 10.5 Å². The summed E-state index contributed by atoms with van der Waals surface area (Å²) in [6.07, 6.45) is 3.00. The lowest BCUT2D eigenvalue weighted by molar-refractivity contribution is -0.149. The van der Waals surface area contributed by atoms with Crippen LogP contribution in [0.25, 0.3) is 0 Å². The van der Waals surface area contributed by atoms with Gasteiger partial charge in [0.05, 0.1) is 6.54 Å². The van der Waals surface area contributed by atoms with Crippen LogP contribution in [0, 0.1) is 11.8 Å². The molecule has 2 saturated carbocycles. The highest BCUT2D eigenvalue weighted by Gasteiger charge is 2.57. The first-order valence-electron chi connectivity index (χ1n) is 13.5. The Hall–Kier alpha value is -3.83. The van der Waals surface area contributed by atoms with Gasteiger partial charge in [0, 0.05) is 25.6 Å². The van der Waals surface area contributed by atoms with Gasteiger partial charge in [0.1, 0.15) is 23.9 Å². The molecule has 12 heteroatoms. The summed E-state index contributed by atoms with van der Waals surface area (Å²) in [5.41, 5.74) is 4.98. The first-order valence-corrected chi connectivity index (χ1v) is 13.5. The van der Waals surface area contributed by atoms with Crippen molar-refractivity contribution in [2.45, 2.75) is 75.2 Å².